The van der Waals surface area contributed by atoms with Crippen molar-refractivity contribution in [2.24, 2.45) is 0 Å². The van der Waals surface area contributed by atoms with Gasteiger partial charge in [-0.1, -0.05) is 12.1 Å². The van der Waals surface area contributed by atoms with Gasteiger partial charge in [-0.2, -0.15) is 5.26 Å². The lowest BCUT2D eigenvalue weighted by Gasteiger charge is -1.98. The van der Waals surface area contributed by atoms with Gasteiger partial charge >= 0.3 is 0 Å². The van der Waals surface area contributed by atoms with Crippen molar-refractivity contribution in [3.8, 4) is 6.07 Å². The Kier molecular flexibility index (Phi) is 2.33. The number of aromatic amines is 1. The molecule has 1 N–H and O–H groups in total. The first kappa shape index (κ1) is 8.58. The number of nitriles is 1. The second-order valence-corrected chi connectivity index (χ2v) is 3.01. The van der Waals surface area contributed by atoms with Gasteiger partial charge in [-0.25, -0.2) is 0 Å². The predicted octanol–water partition coefficient (Wildman–Crippen LogP) is 2.49. The maximum absolute atomic E-state index is 8.72. The summed E-state index contributed by atoms with van der Waals surface area (Å²) >= 11 is 0. The summed E-state index contributed by atoms with van der Waals surface area (Å²) < 4.78 is 0. The van der Waals surface area contributed by atoms with Crippen molar-refractivity contribution < 1.29 is 0 Å². The molecule has 2 heteroatoms. The molecule has 14 heavy (non-hydrogen) atoms. The molecule has 0 unspecified atom stereocenters. The highest BCUT2D eigenvalue weighted by Crippen LogP contribution is 2.11. The van der Waals surface area contributed by atoms with E-state index in [-0.39, 0.29) is 0 Å². The standard InChI is InChI=1S/C12H9N2/c13-9-11-4-1-3-10(7-11)8-12-5-2-6-14-12/h1-8,14H. The van der Waals surface area contributed by atoms with Crippen LogP contribution in [0.3, 0.4) is 0 Å². The molecule has 2 nitrogen and oxygen atoms in total. The Hall–Kier alpha value is -2.01. The first-order chi connectivity index (χ1) is 6.88. The Labute approximate surface area is 82.8 Å². The van der Waals surface area contributed by atoms with E-state index in [1.807, 2.05) is 42.9 Å². The third-order valence-corrected chi connectivity index (χ3v) is 1.96. The van der Waals surface area contributed by atoms with E-state index in [9.17, 15) is 0 Å². The van der Waals surface area contributed by atoms with Crippen molar-refractivity contribution in [2.45, 2.75) is 0 Å². The van der Waals surface area contributed by atoms with Gasteiger partial charge in [0.25, 0.3) is 0 Å². The Morgan fingerprint density at radius 1 is 1.21 bits per heavy atom. The fourth-order valence-electron chi connectivity index (χ4n) is 1.31. The Morgan fingerprint density at radius 3 is 2.86 bits per heavy atom. The minimum atomic E-state index is 0.685. The van der Waals surface area contributed by atoms with Crippen molar-refractivity contribution >= 4 is 0 Å². The first-order valence-corrected chi connectivity index (χ1v) is 4.37. The number of rotatable bonds is 2. The van der Waals surface area contributed by atoms with Gasteiger partial charge in [0.05, 0.1) is 11.6 Å². The molecule has 0 atom stereocenters. The van der Waals surface area contributed by atoms with E-state index >= 15 is 0 Å². The quantitative estimate of drug-likeness (QED) is 0.759. The zero-order chi connectivity index (χ0) is 9.80. The molecule has 1 radical (unpaired) electrons. The van der Waals surface area contributed by atoms with Crippen LogP contribution in [0.2, 0.25) is 0 Å². The van der Waals surface area contributed by atoms with Crippen LogP contribution in [-0.4, -0.2) is 4.98 Å². The van der Waals surface area contributed by atoms with Gasteiger partial charge in [-0.15, -0.1) is 0 Å². The van der Waals surface area contributed by atoms with Gasteiger partial charge in [0.2, 0.25) is 0 Å². The number of nitrogens with zero attached hydrogens (tertiary/aromatic N) is 1. The lowest BCUT2D eigenvalue weighted by Crippen LogP contribution is -1.85. The van der Waals surface area contributed by atoms with Crippen molar-refractivity contribution in [2.75, 3.05) is 0 Å². The van der Waals surface area contributed by atoms with Crippen LogP contribution >= 0.6 is 0 Å². The molecular weight excluding hydrogens is 172 g/mol. The minimum Gasteiger partial charge on any atom is -0.364 e. The van der Waals surface area contributed by atoms with Crippen LogP contribution in [-0.2, 0) is 0 Å². The smallest absolute Gasteiger partial charge is 0.0991 e. The van der Waals surface area contributed by atoms with Gasteiger partial charge in [0.1, 0.15) is 0 Å². The third-order valence-electron chi connectivity index (χ3n) is 1.96. The molecule has 0 aliphatic carbocycles. The van der Waals surface area contributed by atoms with Crippen molar-refractivity contribution in [3.63, 3.8) is 0 Å². The van der Waals surface area contributed by atoms with Crippen molar-refractivity contribution in [3.05, 3.63) is 65.8 Å². The summed E-state index contributed by atoms with van der Waals surface area (Å²) in [6, 6.07) is 13.6. The van der Waals surface area contributed by atoms with Crippen molar-refractivity contribution in [1.29, 1.82) is 5.26 Å². The highest BCUT2D eigenvalue weighted by atomic mass is 14.7. The highest BCUT2D eigenvalue weighted by Gasteiger charge is 1.98. The number of H-pyrrole nitrogens is 1. The Balaban J connectivity index is 2.22. The normalized spacial score (nSPS) is 9.64. The topological polar surface area (TPSA) is 39.6 Å². The summed E-state index contributed by atoms with van der Waals surface area (Å²) in [5.74, 6) is 0. The van der Waals surface area contributed by atoms with Crippen molar-refractivity contribution in [1.82, 2.24) is 4.98 Å². The van der Waals surface area contributed by atoms with Crippen LogP contribution < -0.4 is 0 Å². The fourth-order valence-corrected chi connectivity index (χ4v) is 1.31. The summed E-state index contributed by atoms with van der Waals surface area (Å²) in [6.45, 7) is 0. The van der Waals surface area contributed by atoms with E-state index in [4.69, 9.17) is 5.26 Å². The summed E-state index contributed by atoms with van der Waals surface area (Å²) in [7, 11) is 0. The van der Waals surface area contributed by atoms with Crippen LogP contribution in [0.5, 0.6) is 0 Å². The van der Waals surface area contributed by atoms with Gasteiger partial charge in [-0.05, 0) is 29.8 Å². The monoisotopic (exact) mass is 181 g/mol. The predicted molar refractivity (Wildman–Crippen MR) is 54.5 cm³/mol. The molecule has 1 heterocycles. The molecule has 0 saturated heterocycles. The molecule has 0 aliphatic heterocycles. The molecule has 0 spiro atoms. The zero-order valence-electron chi connectivity index (χ0n) is 7.57. The first-order valence-electron chi connectivity index (χ1n) is 4.37. The Bertz CT molecular complexity index is 449. The molecule has 0 amide bonds. The Morgan fingerprint density at radius 2 is 2.14 bits per heavy atom. The summed E-state index contributed by atoms with van der Waals surface area (Å²) in [5, 5.41) is 8.72. The maximum atomic E-state index is 8.72. The highest BCUT2D eigenvalue weighted by molar-refractivity contribution is 5.39. The number of benzene rings is 1. The summed E-state index contributed by atoms with van der Waals surface area (Å²) in [5.41, 5.74) is 2.76. The molecule has 0 bridgehead atoms. The number of nitrogens with one attached hydrogen (secondary N) is 1. The molecule has 2 aromatic rings. The van der Waals surface area contributed by atoms with Crippen LogP contribution in [0.25, 0.3) is 0 Å². The van der Waals surface area contributed by atoms with E-state index in [2.05, 4.69) is 11.1 Å². The van der Waals surface area contributed by atoms with Gasteiger partial charge in [0, 0.05) is 18.3 Å². The van der Waals surface area contributed by atoms with Crippen LogP contribution in [0, 0.1) is 17.8 Å². The van der Waals surface area contributed by atoms with E-state index in [0.717, 1.165) is 11.3 Å². The molecule has 1 aromatic heterocycles. The zero-order valence-corrected chi connectivity index (χ0v) is 7.57. The molecule has 2 rings (SSSR count). The second kappa shape index (κ2) is 3.80. The number of aromatic nitrogens is 1. The number of hydrogen-bond donors (Lipinski definition) is 1. The number of hydrogen-bond acceptors (Lipinski definition) is 1. The maximum Gasteiger partial charge on any atom is 0.0991 e. The SMILES string of the molecule is N#Cc1cccc([CH]c2ccc[nH]2)c1. The largest absolute Gasteiger partial charge is 0.364 e. The minimum absolute atomic E-state index is 0.685. The lowest BCUT2D eigenvalue weighted by molar-refractivity contribution is 1.27. The average molecular weight is 181 g/mol. The molecular formula is C12H9N2. The molecule has 0 aliphatic rings. The van der Waals surface area contributed by atoms with Gasteiger partial charge in [0.15, 0.2) is 0 Å². The van der Waals surface area contributed by atoms with Crippen LogP contribution in [0.1, 0.15) is 16.8 Å². The van der Waals surface area contributed by atoms with Crippen LogP contribution in [0.15, 0.2) is 42.6 Å². The molecule has 0 saturated carbocycles. The van der Waals surface area contributed by atoms with E-state index < -0.39 is 0 Å². The molecule has 67 valence electrons. The van der Waals surface area contributed by atoms with E-state index in [0.29, 0.717) is 5.56 Å². The lowest BCUT2D eigenvalue weighted by atomic mass is 10.1. The fraction of sp³-hybridized carbons (Fsp3) is 0. The average Bonchev–Trinajstić information content (AvgIpc) is 2.71. The van der Waals surface area contributed by atoms with Gasteiger partial charge in [-0.3, -0.25) is 0 Å². The molecule has 0 fully saturated rings. The van der Waals surface area contributed by atoms with E-state index in [1.165, 1.54) is 0 Å². The summed E-state index contributed by atoms with van der Waals surface area (Å²) in [4.78, 5) is 3.08. The molecule has 1 aromatic carbocycles. The second-order valence-electron chi connectivity index (χ2n) is 3.01. The third kappa shape index (κ3) is 1.83. The van der Waals surface area contributed by atoms with Crippen LogP contribution in [0.4, 0.5) is 0 Å². The van der Waals surface area contributed by atoms with Gasteiger partial charge < -0.3 is 4.98 Å². The summed E-state index contributed by atoms with van der Waals surface area (Å²) in [6.07, 6.45) is 3.88. The van der Waals surface area contributed by atoms with E-state index in [1.54, 1.807) is 6.07 Å².